The van der Waals surface area contributed by atoms with Crippen LogP contribution in [0.3, 0.4) is 0 Å². The molecule has 0 bridgehead atoms. The van der Waals surface area contributed by atoms with Crippen molar-refractivity contribution < 1.29 is 4.39 Å². The van der Waals surface area contributed by atoms with E-state index in [1.54, 1.807) is 6.20 Å². The summed E-state index contributed by atoms with van der Waals surface area (Å²) in [6, 6.07) is 11.0. The molecule has 26 heavy (non-hydrogen) atoms. The second-order valence-corrected chi connectivity index (χ2v) is 7.36. The van der Waals surface area contributed by atoms with E-state index < -0.39 is 6.67 Å². The molecule has 1 unspecified atom stereocenters. The monoisotopic (exact) mass is 350 g/mol. The molecular formula is C21H23FN4. The average molecular weight is 350 g/mol. The van der Waals surface area contributed by atoms with Gasteiger partial charge in [-0.05, 0) is 31.4 Å². The molecule has 1 atom stereocenters. The molecule has 2 aromatic heterocycles. The highest BCUT2D eigenvalue weighted by Gasteiger charge is 2.36. The number of aryl methyl sites for hydroxylation is 2. The zero-order chi connectivity index (χ0) is 17.5. The van der Waals surface area contributed by atoms with Crippen LogP contribution in [0.5, 0.6) is 0 Å². The predicted octanol–water partition coefficient (Wildman–Crippen LogP) is 3.84. The standard InChI is InChI=1S/C21H23FN4/c22-13-16-14-23-21-20(24-16)19-17-7-4-10-25(17)11-9-18(19)26(21)12-8-15-5-2-1-3-6-15/h1-3,5-6,14,17H,4,7-13H2. The molecule has 0 spiro atoms. The zero-order valence-electron chi connectivity index (χ0n) is 14.9. The number of rotatable bonds is 4. The number of halogens is 1. The normalized spacial score (nSPS) is 19.7. The van der Waals surface area contributed by atoms with Gasteiger partial charge in [-0.15, -0.1) is 0 Å². The third kappa shape index (κ3) is 2.53. The van der Waals surface area contributed by atoms with Crippen molar-refractivity contribution in [1.82, 2.24) is 19.4 Å². The van der Waals surface area contributed by atoms with Gasteiger partial charge in [0.15, 0.2) is 5.65 Å². The van der Waals surface area contributed by atoms with Crippen LogP contribution in [0.4, 0.5) is 4.39 Å². The largest absolute Gasteiger partial charge is 0.328 e. The van der Waals surface area contributed by atoms with Gasteiger partial charge in [-0.25, -0.2) is 14.4 Å². The molecule has 0 aliphatic carbocycles. The van der Waals surface area contributed by atoms with Crippen LogP contribution in [-0.2, 0) is 26.1 Å². The van der Waals surface area contributed by atoms with Crippen LogP contribution >= 0.6 is 0 Å². The summed E-state index contributed by atoms with van der Waals surface area (Å²) < 4.78 is 15.6. The van der Waals surface area contributed by atoms with Crippen LogP contribution in [0.1, 0.15) is 41.4 Å². The van der Waals surface area contributed by atoms with Gasteiger partial charge in [0.25, 0.3) is 0 Å². The van der Waals surface area contributed by atoms with E-state index in [1.807, 2.05) is 0 Å². The highest BCUT2D eigenvalue weighted by atomic mass is 19.1. The average Bonchev–Trinajstić information content (AvgIpc) is 3.28. The second-order valence-electron chi connectivity index (χ2n) is 7.36. The number of nitrogens with zero attached hydrogens (tertiary/aromatic N) is 4. The molecule has 4 heterocycles. The minimum atomic E-state index is -0.554. The van der Waals surface area contributed by atoms with Crippen molar-refractivity contribution >= 4 is 11.2 Å². The highest BCUT2D eigenvalue weighted by Crippen LogP contribution is 2.42. The van der Waals surface area contributed by atoms with Crippen molar-refractivity contribution in [3.05, 3.63) is 59.0 Å². The van der Waals surface area contributed by atoms with Crippen molar-refractivity contribution in [3.8, 4) is 0 Å². The number of hydrogen-bond acceptors (Lipinski definition) is 3. The van der Waals surface area contributed by atoms with E-state index in [1.165, 1.54) is 29.7 Å². The zero-order valence-corrected chi connectivity index (χ0v) is 14.9. The molecule has 2 aliphatic rings. The number of hydrogen-bond donors (Lipinski definition) is 0. The summed E-state index contributed by atoms with van der Waals surface area (Å²) in [7, 11) is 0. The van der Waals surface area contributed by atoms with Gasteiger partial charge >= 0.3 is 0 Å². The first-order chi connectivity index (χ1) is 12.8. The maximum Gasteiger partial charge on any atom is 0.159 e. The maximum absolute atomic E-state index is 13.2. The van der Waals surface area contributed by atoms with Crippen molar-refractivity contribution in [2.75, 3.05) is 13.1 Å². The quantitative estimate of drug-likeness (QED) is 0.717. The fraction of sp³-hybridized carbons (Fsp3) is 0.429. The van der Waals surface area contributed by atoms with E-state index in [0.717, 1.165) is 43.6 Å². The summed E-state index contributed by atoms with van der Waals surface area (Å²) in [5, 5.41) is 0. The minimum Gasteiger partial charge on any atom is -0.328 e. The van der Waals surface area contributed by atoms with Crippen molar-refractivity contribution in [3.63, 3.8) is 0 Å². The summed E-state index contributed by atoms with van der Waals surface area (Å²) in [6.45, 7) is 2.61. The lowest BCUT2D eigenvalue weighted by Gasteiger charge is -2.30. The Labute approximate surface area is 152 Å². The summed E-state index contributed by atoms with van der Waals surface area (Å²) in [4.78, 5) is 11.8. The van der Waals surface area contributed by atoms with Crippen molar-refractivity contribution in [2.24, 2.45) is 0 Å². The van der Waals surface area contributed by atoms with Crippen LogP contribution in [0.2, 0.25) is 0 Å². The van der Waals surface area contributed by atoms with Crippen molar-refractivity contribution in [2.45, 2.75) is 44.9 Å². The molecule has 1 fully saturated rings. The van der Waals surface area contributed by atoms with Gasteiger partial charge in [-0.3, -0.25) is 4.90 Å². The first-order valence-corrected chi connectivity index (χ1v) is 9.56. The van der Waals surface area contributed by atoms with Crippen LogP contribution in [0.25, 0.3) is 11.2 Å². The van der Waals surface area contributed by atoms with E-state index in [4.69, 9.17) is 0 Å². The van der Waals surface area contributed by atoms with Crippen LogP contribution in [-0.4, -0.2) is 32.5 Å². The third-order valence-electron chi connectivity index (χ3n) is 5.89. The highest BCUT2D eigenvalue weighted by molar-refractivity contribution is 5.79. The topological polar surface area (TPSA) is 34.0 Å². The molecule has 3 aromatic rings. The summed E-state index contributed by atoms with van der Waals surface area (Å²) in [5.74, 6) is 0. The SMILES string of the molecule is FCc1cnc2c(n1)c1c(n2CCc2ccccc2)CCN2CCCC12. The maximum atomic E-state index is 13.2. The molecule has 4 nitrogen and oxygen atoms in total. The van der Waals surface area contributed by atoms with Crippen molar-refractivity contribution in [1.29, 1.82) is 0 Å². The van der Waals surface area contributed by atoms with Crippen LogP contribution < -0.4 is 0 Å². The molecule has 0 N–H and O–H groups in total. The number of aromatic nitrogens is 3. The second kappa shape index (κ2) is 6.47. The van der Waals surface area contributed by atoms with Gasteiger partial charge in [0.2, 0.25) is 0 Å². The molecule has 0 saturated carbocycles. The molecule has 0 amide bonds. The van der Waals surface area contributed by atoms with Gasteiger partial charge in [0.1, 0.15) is 12.2 Å². The van der Waals surface area contributed by atoms with E-state index in [-0.39, 0.29) is 0 Å². The van der Waals surface area contributed by atoms with Gasteiger partial charge in [-0.1, -0.05) is 30.3 Å². The fourth-order valence-corrected chi connectivity index (χ4v) is 4.69. The number of alkyl halides is 1. The molecule has 2 aliphatic heterocycles. The predicted molar refractivity (Wildman–Crippen MR) is 99.7 cm³/mol. The van der Waals surface area contributed by atoms with E-state index in [9.17, 15) is 4.39 Å². The lowest BCUT2D eigenvalue weighted by atomic mass is 9.98. The van der Waals surface area contributed by atoms with Gasteiger partial charge < -0.3 is 4.57 Å². The van der Waals surface area contributed by atoms with Gasteiger partial charge in [0.05, 0.1) is 11.9 Å². The molecule has 5 heteroatoms. The first-order valence-electron chi connectivity index (χ1n) is 9.56. The third-order valence-corrected chi connectivity index (χ3v) is 5.89. The van der Waals surface area contributed by atoms with Crippen LogP contribution in [0.15, 0.2) is 36.5 Å². The Morgan fingerprint density at radius 2 is 2.04 bits per heavy atom. The Morgan fingerprint density at radius 3 is 2.88 bits per heavy atom. The molecule has 134 valence electrons. The molecule has 1 aromatic carbocycles. The van der Waals surface area contributed by atoms with Crippen LogP contribution in [0, 0.1) is 0 Å². The Bertz CT molecular complexity index is 934. The summed E-state index contributed by atoms with van der Waals surface area (Å²) >= 11 is 0. The number of fused-ring (bicyclic) bond motifs is 5. The van der Waals surface area contributed by atoms with E-state index in [0.29, 0.717) is 11.7 Å². The summed E-state index contributed by atoms with van der Waals surface area (Å²) in [5.41, 5.74) is 6.32. The minimum absolute atomic E-state index is 0.434. The Kier molecular flexibility index (Phi) is 3.97. The Balaban J connectivity index is 1.61. The number of benzene rings is 1. The van der Waals surface area contributed by atoms with E-state index >= 15 is 0 Å². The Morgan fingerprint density at radius 1 is 1.15 bits per heavy atom. The van der Waals surface area contributed by atoms with E-state index in [2.05, 4.69) is 49.8 Å². The fourth-order valence-electron chi connectivity index (χ4n) is 4.69. The lowest BCUT2D eigenvalue weighted by molar-refractivity contribution is 0.241. The summed E-state index contributed by atoms with van der Waals surface area (Å²) in [6.07, 6.45) is 6.00. The molecule has 5 rings (SSSR count). The van der Waals surface area contributed by atoms with Gasteiger partial charge in [-0.2, -0.15) is 0 Å². The first kappa shape index (κ1) is 15.9. The lowest BCUT2D eigenvalue weighted by Crippen LogP contribution is -2.31. The molecule has 0 radical (unpaired) electrons. The van der Waals surface area contributed by atoms with Gasteiger partial charge in [0, 0.05) is 36.8 Å². The molecular weight excluding hydrogens is 327 g/mol. The molecule has 1 saturated heterocycles. The smallest absolute Gasteiger partial charge is 0.159 e. The Hall–Kier alpha value is -2.27.